The Morgan fingerprint density at radius 1 is 1.35 bits per heavy atom. The molecule has 1 saturated carbocycles. The highest BCUT2D eigenvalue weighted by Gasteiger charge is 2.31. The summed E-state index contributed by atoms with van der Waals surface area (Å²) in [5.74, 6) is 0. The molecule has 6 heteroatoms. The monoisotopic (exact) mass is 360 g/mol. The van der Waals surface area contributed by atoms with Crippen LogP contribution in [0.5, 0.6) is 0 Å². The molecule has 0 saturated heterocycles. The van der Waals surface area contributed by atoms with Crippen LogP contribution in [0.4, 0.5) is 0 Å². The van der Waals surface area contributed by atoms with Crippen molar-refractivity contribution in [3.8, 4) is 0 Å². The van der Waals surface area contributed by atoms with Gasteiger partial charge in [0.15, 0.2) is 0 Å². The fraction of sp³-hybridized carbons (Fsp3) is 0.571. The molecule has 0 spiro atoms. The Morgan fingerprint density at radius 3 is 2.50 bits per heavy atom. The number of halogens is 1. The number of hydrogen-bond donors (Lipinski definition) is 1. The molecule has 1 aromatic carbocycles. The number of nitrogens with two attached hydrogens (primary N) is 1. The molecule has 0 radical (unpaired) electrons. The van der Waals surface area contributed by atoms with E-state index in [0.29, 0.717) is 11.4 Å². The van der Waals surface area contributed by atoms with Gasteiger partial charge >= 0.3 is 0 Å². The van der Waals surface area contributed by atoms with Gasteiger partial charge in [-0.05, 0) is 43.0 Å². The molecule has 1 aromatic rings. The summed E-state index contributed by atoms with van der Waals surface area (Å²) in [6.07, 6.45) is 4.12. The number of sulfonamides is 1. The van der Waals surface area contributed by atoms with Crippen molar-refractivity contribution in [3.63, 3.8) is 0 Å². The van der Waals surface area contributed by atoms with Crippen LogP contribution in [-0.4, -0.2) is 25.8 Å². The Hall–Kier alpha value is -0.430. The SMILES string of the molecule is Cc1c(Br)cc(CN)cc1S(=O)(=O)N(C)C1CCCC1. The molecule has 0 aromatic heterocycles. The van der Waals surface area contributed by atoms with E-state index in [-0.39, 0.29) is 6.04 Å². The van der Waals surface area contributed by atoms with Crippen LogP contribution < -0.4 is 5.73 Å². The second-order valence-corrected chi connectivity index (χ2v) is 8.18. The lowest BCUT2D eigenvalue weighted by molar-refractivity contribution is 0.372. The molecule has 0 heterocycles. The molecule has 0 atom stereocenters. The summed E-state index contributed by atoms with van der Waals surface area (Å²) in [5.41, 5.74) is 7.21. The van der Waals surface area contributed by atoms with Crippen molar-refractivity contribution in [1.82, 2.24) is 4.31 Å². The maximum Gasteiger partial charge on any atom is 0.243 e. The van der Waals surface area contributed by atoms with E-state index in [2.05, 4.69) is 15.9 Å². The van der Waals surface area contributed by atoms with Gasteiger partial charge in [0.05, 0.1) is 4.90 Å². The van der Waals surface area contributed by atoms with Gasteiger partial charge in [-0.25, -0.2) is 8.42 Å². The minimum absolute atomic E-state index is 0.125. The first-order chi connectivity index (χ1) is 9.37. The van der Waals surface area contributed by atoms with Crippen molar-refractivity contribution in [1.29, 1.82) is 0 Å². The third-order valence-electron chi connectivity index (χ3n) is 4.09. The van der Waals surface area contributed by atoms with Crippen LogP contribution in [0, 0.1) is 6.92 Å². The van der Waals surface area contributed by atoms with Crippen molar-refractivity contribution in [2.45, 2.75) is 50.1 Å². The first kappa shape index (κ1) is 15.9. The first-order valence-corrected chi connectivity index (χ1v) is 9.08. The van der Waals surface area contributed by atoms with Gasteiger partial charge in [0.2, 0.25) is 10.0 Å². The molecule has 1 aliphatic carbocycles. The van der Waals surface area contributed by atoms with E-state index < -0.39 is 10.0 Å². The lowest BCUT2D eigenvalue weighted by atomic mass is 10.1. The number of hydrogen-bond acceptors (Lipinski definition) is 3. The lowest BCUT2D eigenvalue weighted by Gasteiger charge is -2.25. The Bertz CT molecular complexity index is 595. The minimum atomic E-state index is -3.46. The number of benzene rings is 1. The fourth-order valence-corrected chi connectivity index (χ4v) is 5.06. The highest BCUT2D eigenvalue weighted by atomic mass is 79.9. The molecule has 1 fully saturated rings. The Labute approximate surface area is 129 Å². The predicted octanol–water partition coefficient (Wildman–Crippen LogP) is 2.78. The van der Waals surface area contributed by atoms with E-state index in [0.717, 1.165) is 41.3 Å². The van der Waals surface area contributed by atoms with Crippen molar-refractivity contribution in [3.05, 3.63) is 27.7 Å². The molecule has 4 nitrogen and oxygen atoms in total. The van der Waals surface area contributed by atoms with Gasteiger partial charge < -0.3 is 5.73 Å². The van der Waals surface area contributed by atoms with E-state index in [4.69, 9.17) is 5.73 Å². The standard InChI is InChI=1S/C14H21BrN2O2S/c1-10-13(15)7-11(9-16)8-14(10)20(18,19)17(2)12-5-3-4-6-12/h7-8,12H,3-6,9,16H2,1-2H3. The van der Waals surface area contributed by atoms with Crippen LogP contribution in [0.2, 0.25) is 0 Å². The van der Waals surface area contributed by atoms with E-state index in [1.54, 1.807) is 13.1 Å². The summed E-state index contributed by atoms with van der Waals surface area (Å²) in [5, 5.41) is 0. The van der Waals surface area contributed by atoms with Gasteiger partial charge in [0.1, 0.15) is 0 Å². The van der Waals surface area contributed by atoms with Gasteiger partial charge in [0, 0.05) is 24.1 Å². The molecule has 2 rings (SSSR count). The molecule has 1 aliphatic rings. The van der Waals surface area contributed by atoms with Gasteiger partial charge in [-0.15, -0.1) is 0 Å². The predicted molar refractivity (Wildman–Crippen MR) is 84.0 cm³/mol. The highest BCUT2D eigenvalue weighted by Crippen LogP contribution is 2.31. The maximum absolute atomic E-state index is 12.8. The Morgan fingerprint density at radius 2 is 1.95 bits per heavy atom. The third-order valence-corrected chi connectivity index (χ3v) is 6.95. The van der Waals surface area contributed by atoms with Crippen LogP contribution >= 0.6 is 15.9 Å². The van der Waals surface area contributed by atoms with Crippen molar-refractivity contribution < 1.29 is 8.42 Å². The minimum Gasteiger partial charge on any atom is -0.326 e. The molecule has 0 aliphatic heterocycles. The first-order valence-electron chi connectivity index (χ1n) is 6.85. The topological polar surface area (TPSA) is 63.4 Å². The second-order valence-electron chi connectivity index (χ2n) is 5.36. The summed E-state index contributed by atoms with van der Waals surface area (Å²) < 4.78 is 28.0. The third kappa shape index (κ3) is 2.93. The largest absolute Gasteiger partial charge is 0.326 e. The van der Waals surface area contributed by atoms with Gasteiger partial charge in [-0.2, -0.15) is 4.31 Å². The summed E-state index contributed by atoms with van der Waals surface area (Å²) >= 11 is 3.42. The Balaban J connectivity index is 2.45. The maximum atomic E-state index is 12.8. The average molecular weight is 361 g/mol. The fourth-order valence-electron chi connectivity index (χ4n) is 2.71. The summed E-state index contributed by atoms with van der Waals surface area (Å²) in [6.45, 7) is 2.15. The zero-order valence-electron chi connectivity index (χ0n) is 11.9. The quantitative estimate of drug-likeness (QED) is 0.897. The van der Waals surface area contributed by atoms with Gasteiger partial charge in [0.25, 0.3) is 0 Å². The Kier molecular flexibility index (Phi) is 4.89. The van der Waals surface area contributed by atoms with E-state index in [1.807, 2.05) is 13.0 Å². The molecular formula is C14H21BrN2O2S. The lowest BCUT2D eigenvalue weighted by Crippen LogP contribution is -2.35. The van der Waals surface area contributed by atoms with Gasteiger partial charge in [-0.3, -0.25) is 0 Å². The molecule has 0 bridgehead atoms. The van der Waals surface area contributed by atoms with Crippen molar-refractivity contribution >= 4 is 26.0 Å². The summed E-state index contributed by atoms with van der Waals surface area (Å²) in [4.78, 5) is 0.363. The number of rotatable bonds is 4. The molecule has 112 valence electrons. The van der Waals surface area contributed by atoms with E-state index in [1.165, 1.54) is 4.31 Å². The zero-order valence-corrected chi connectivity index (χ0v) is 14.3. The van der Waals surface area contributed by atoms with Crippen LogP contribution in [0.1, 0.15) is 36.8 Å². The number of nitrogens with zero attached hydrogens (tertiary/aromatic N) is 1. The normalized spacial score (nSPS) is 17.1. The van der Waals surface area contributed by atoms with Gasteiger partial charge in [-0.1, -0.05) is 28.8 Å². The van der Waals surface area contributed by atoms with E-state index >= 15 is 0 Å². The molecule has 0 unspecified atom stereocenters. The smallest absolute Gasteiger partial charge is 0.243 e. The zero-order chi connectivity index (χ0) is 14.9. The summed E-state index contributed by atoms with van der Waals surface area (Å²) in [6, 6.07) is 3.70. The highest BCUT2D eigenvalue weighted by molar-refractivity contribution is 9.10. The molecular weight excluding hydrogens is 340 g/mol. The molecule has 20 heavy (non-hydrogen) atoms. The van der Waals surface area contributed by atoms with Crippen molar-refractivity contribution in [2.75, 3.05) is 7.05 Å². The van der Waals surface area contributed by atoms with Crippen LogP contribution in [0.3, 0.4) is 0 Å². The summed E-state index contributed by atoms with van der Waals surface area (Å²) in [7, 11) is -1.77. The molecule has 2 N–H and O–H groups in total. The van der Waals surface area contributed by atoms with Crippen LogP contribution in [-0.2, 0) is 16.6 Å². The average Bonchev–Trinajstić information content (AvgIpc) is 2.94. The molecule has 0 amide bonds. The van der Waals surface area contributed by atoms with Crippen LogP contribution in [0.15, 0.2) is 21.5 Å². The second kappa shape index (κ2) is 6.13. The van der Waals surface area contributed by atoms with Crippen molar-refractivity contribution in [2.24, 2.45) is 5.73 Å². The van der Waals surface area contributed by atoms with E-state index in [9.17, 15) is 8.42 Å². The van der Waals surface area contributed by atoms with Crippen LogP contribution in [0.25, 0.3) is 0 Å².